The summed E-state index contributed by atoms with van der Waals surface area (Å²) in [7, 11) is 0. The molecule has 2 fully saturated rings. The van der Waals surface area contributed by atoms with Crippen molar-refractivity contribution in [3.8, 4) is 0 Å². The molecule has 3 N–H and O–H groups in total. The van der Waals surface area contributed by atoms with Gasteiger partial charge in [0.1, 0.15) is 0 Å². The monoisotopic (exact) mass is 269 g/mol. The van der Waals surface area contributed by atoms with Crippen LogP contribution in [0.2, 0.25) is 0 Å². The van der Waals surface area contributed by atoms with Crippen LogP contribution in [0.3, 0.4) is 0 Å². The maximum atomic E-state index is 10.9. The van der Waals surface area contributed by atoms with Gasteiger partial charge in [-0.2, -0.15) is 0 Å². The number of carbonyl (C=O) groups excluding carboxylic acids is 1. The normalized spacial score (nSPS) is 34.3. The Hall–Kier alpha value is -0.650. The van der Waals surface area contributed by atoms with E-state index in [2.05, 4.69) is 24.1 Å². The number of carbonyl (C=O) groups is 1. The van der Waals surface area contributed by atoms with Crippen molar-refractivity contribution in [2.75, 3.05) is 19.6 Å². The lowest BCUT2D eigenvalue weighted by Crippen LogP contribution is -2.50. The molecule has 0 aliphatic carbocycles. The van der Waals surface area contributed by atoms with Crippen LogP contribution in [0, 0.1) is 0 Å². The van der Waals surface area contributed by atoms with Crippen LogP contribution in [-0.4, -0.2) is 54.7 Å². The van der Waals surface area contributed by atoms with Gasteiger partial charge in [-0.05, 0) is 39.5 Å². The van der Waals surface area contributed by atoms with Gasteiger partial charge >= 0.3 is 0 Å². The van der Waals surface area contributed by atoms with Gasteiger partial charge in [-0.25, -0.2) is 0 Å². The van der Waals surface area contributed by atoms with Gasteiger partial charge in [0, 0.05) is 25.2 Å². The van der Waals surface area contributed by atoms with Gasteiger partial charge in [0.2, 0.25) is 5.91 Å². The summed E-state index contributed by atoms with van der Waals surface area (Å²) in [6, 6.07) is 1.15. The van der Waals surface area contributed by atoms with E-state index >= 15 is 0 Å². The number of primary amides is 1. The predicted molar refractivity (Wildman–Crippen MR) is 74.8 cm³/mol. The third-order valence-corrected chi connectivity index (χ3v) is 4.14. The second-order valence-electron chi connectivity index (χ2n) is 6.11. The summed E-state index contributed by atoms with van der Waals surface area (Å²) < 4.78 is 5.77. The van der Waals surface area contributed by atoms with Crippen molar-refractivity contribution in [3.05, 3.63) is 0 Å². The van der Waals surface area contributed by atoms with Gasteiger partial charge in [0.05, 0.1) is 18.8 Å². The summed E-state index contributed by atoms with van der Waals surface area (Å²) in [6.45, 7) is 6.64. The minimum absolute atomic E-state index is 0.224. The molecule has 0 aromatic heterocycles. The summed E-state index contributed by atoms with van der Waals surface area (Å²) in [5, 5.41) is 3.77. The van der Waals surface area contributed by atoms with E-state index in [1.54, 1.807) is 0 Å². The van der Waals surface area contributed by atoms with Crippen molar-refractivity contribution in [2.45, 2.75) is 63.8 Å². The molecule has 2 aliphatic rings. The molecule has 0 radical (unpaired) electrons. The third-order valence-electron chi connectivity index (χ3n) is 4.14. The number of amides is 1. The van der Waals surface area contributed by atoms with Crippen LogP contribution in [0.25, 0.3) is 0 Å². The number of rotatable bonds is 4. The maximum absolute atomic E-state index is 10.9. The molecule has 5 heteroatoms. The Morgan fingerprint density at radius 2 is 1.79 bits per heavy atom. The van der Waals surface area contributed by atoms with Crippen molar-refractivity contribution in [2.24, 2.45) is 5.73 Å². The molecule has 5 nitrogen and oxygen atoms in total. The molecule has 2 heterocycles. The van der Waals surface area contributed by atoms with E-state index in [4.69, 9.17) is 10.5 Å². The molecule has 0 aromatic rings. The van der Waals surface area contributed by atoms with Crippen LogP contribution >= 0.6 is 0 Å². The van der Waals surface area contributed by atoms with E-state index in [9.17, 15) is 4.79 Å². The highest BCUT2D eigenvalue weighted by Gasteiger charge is 2.27. The van der Waals surface area contributed by atoms with E-state index in [0.29, 0.717) is 30.8 Å². The molecule has 19 heavy (non-hydrogen) atoms. The lowest BCUT2D eigenvalue weighted by atomic mass is 9.96. The number of hydrogen-bond donors (Lipinski definition) is 2. The number of likely N-dealkylation sites (tertiary alicyclic amines) is 1. The molecule has 0 bridgehead atoms. The van der Waals surface area contributed by atoms with Gasteiger partial charge in [0.25, 0.3) is 0 Å². The Morgan fingerprint density at radius 1 is 1.21 bits per heavy atom. The molecule has 0 saturated carbocycles. The van der Waals surface area contributed by atoms with Gasteiger partial charge in [-0.15, -0.1) is 0 Å². The largest absolute Gasteiger partial charge is 0.375 e. The summed E-state index contributed by atoms with van der Waals surface area (Å²) in [4.78, 5) is 13.0. The second-order valence-corrected chi connectivity index (χ2v) is 6.11. The SMILES string of the molecule is CC1CC(NC2CCN(CC(N)=O)CC2)CC(C)O1. The van der Waals surface area contributed by atoms with E-state index < -0.39 is 0 Å². The lowest BCUT2D eigenvalue weighted by molar-refractivity contribution is -0.119. The first-order chi connectivity index (χ1) is 9.02. The van der Waals surface area contributed by atoms with Gasteiger partial charge in [-0.1, -0.05) is 0 Å². The Kier molecular flexibility index (Phi) is 5.19. The van der Waals surface area contributed by atoms with Gasteiger partial charge < -0.3 is 15.8 Å². The Morgan fingerprint density at radius 3 is 2.32 bits per heavy atom. The Bertz CT molecular complexity index is 293. The minimum atomic E-state index is -0.224. The molecule has 2 unspecified atom stereocenters. The van der Waals surface area contributed by atoms with Crippen LogP contribution in [0.15, 0.2) is 0 Å². The van der Waals surface area contributed by atoms with E-state index in [-0.39, 0.29) is 5.91 Å². The first-order valence-electron chi connectivity index (χ1n) is 7.45. The maximum Gasteiger partial charge on any atom is 0.231 e. The summed E-state index contributed by atoms with van der Waals surface area (Å²) in [5.74, 6) is -0.224. The van der Waals surface area contributed by atoms with Gasteiger partial charge in [-0.3, -0.25) is 9.69 Å². The van der Waals surface area contributed by atoms with Crippen LogP contribution in [0.5, 0.6) is 0 Å². The molecule has 0 spiro atoms. The quantitative estimate of drug-likeness (QED) is 0.779. The standard InChI is InChI=1S/C14H27N3O2/c1-10-7-13(8-11(2)19-10)16-12-3-5-17(6-4-12)9-14(15)18/h10-13,16H,3-9H2,1-2H3,(H2,15,18). The molecule has 2 aliphatic heterocycles. The van der Waals surface area contributed by atoms with Crippen molar-refractivity contribution in [3.63, 3.8) is 0 Å². The van der Waals surface area contributed by atoms with Crippen LogP contribution < -0.4 is 11.1 Å². The number of nitrogens with zero attached hydrogens (tertiary/aromatic N) is 1. The fourth-order valence-corrected chi connectivity index (χ4v) is 3.35. The molecular formula is C14H27N3O2. The fraction of sp³-hybridized carbons (Fsp3) is 0.929. The molecule has 1 amide bonds. The first-order valence-corrected chi connectivity index (χ1v) is 7.45. The minimum Gasteiger partial charge on any atom is -0.375 e. The predicted octanol–water partition coefficient (Wildman–Crippen LogP) is 0.482. The highest BCUT2D eigenvalue weighted by atomic mass is 16.5. The Balaban J connectivity index is 1.71. The first kappa shape index (κ1) is 14.8. The smallest absolute Gasteiger partial charge is 0.231 e. The molecule has 110 valence electrons. The summed E-state index contributed by atoms with van der Waals surface area (Å²) >= 11 is 0. The van der Waals surface area contributed by atoms with Crippen LogP contribution in [0.4, 0.5) is 0 Å². The van der Waals surface area contributed by atoms with E-state index in [1.807, 2.05) is 0 Å². The lowest BCUT2D eigenvalue weighted by Gasteiger charge is -2.38. The van der Waals surface area contributed by atoms with Gasteiger partial charge in [0.15, 0.2) is 0 Å². The molecule has 2 atom stereocenters. The fourth-order valence-electron chi connectivity index (χ4n) is 3.35. The zero-order valence-corrected chi connectivity index (χ0v) is 12.1. The van der Waals surface area contributed by atoms with Crippen molar-refractivity contribution in [1.82, 2.24) is 10.2 Å². The van der Waals surface area contributed by atoms with Crippen LogP contribution in [0.1, 0.15) is 39.5 Å². The number of ether oxygens (including phenoxy) is 1. The zero-order valence-electron chi connectivity index (χ0n) is 12.1. The summed E-state index contributed by atoms with van der Waals surface area (Å²) in [5.41, 5.74) is 5.23. The average Bonchev–Trinajstić information content (AvgIpc) is 2.29. The number of hydrogen-bond acceptors (Lipinski definition) is 4. The number of piperidine rings is 1. The molecule has 2 saturated heterocycles. The van der Waals surface area contributed by atoms with E-state index in [1.165, 1.54) is 0 Å². The third kappa shape index (κ3) is 4.75. The van der Waals surface area contributed by atoms with Crippen molar-refractivity contribution in [1.29, 1.82) is 0 Å². The zero-order chi connectivity index (χ0) is 13.8. The number of nitrogens with one attached hydrogen (secondary N) is 1. The van der Waals surface area contributed by atoms with Crippen molar-refractivity contribution >= 4 is 5.91 Å². The van der Waals surface area contributed by atoms with Crippen LogP contribution in [-0.2, 0) is 9.53 Å². The summed E-state index contributed by atoms with van der Waals surface area (Å²) in [6.07, 6.45) is 5.13. The van der Waals surface area contributed by atoms with E-state index in [0.717, 1.165) is 38.8 Å². The van der Waals surface area contributed by atoms with Crippen molar-refractivity contribution < 1.29 is 9.53 Å². The highest BCUT2D eigenvalue weighted by molar-refractivity contribution is 5.75. The molecular weight excluding hydrogens is 242 g/mol. The topological polar surface area (TPSA) is 67.6 Å². The molecule has 0 aromatic carbocycles. The average molecular weight is 269 g/mol. The number of nitrogens with two attached hydrogens (primary N) is 1. The molecule has 2 rings (SSSR count). The second kappa shape index (κ2) is 6.68. The highest BCUT2D eigenvalue weighted by Crippen LogP contribution is 2.21. The Labute approximate surface area is 115 Å².